The average molecular weight is 575 g/mol. The van der Waals surface area contributed by atoms with E-state index in [4.69, 9.17) is 0 Å². The fourth-order valence-corrected chi connectivity index (χ4v) is 5.23. The second kappa shape index (κ2) is 12.0. The number of amides is 1. The van der Waals surface area contributed by atoms with E-state index in [-0.39, 0.29) is 17.2 Å². The zero-order valence-electron chi connectivity index (χ0n) is 22.8. The molecule has 42 heavy (non-hydrogen) atoms. The van der Waals surface area contributed by atoms with Gasteiger partial charge in [0.1, 0.15) is 5.75 Å². The van der Waals surface area contributed by atoms with Gasteiger partial charge in [0.15, 0.2) is 0 Å². The quantitative estimate of drug-likeness (QED) is 0.229. The number of anilines is 1. The lowest BCUT2D eigenvalue weighted by Gasteiger charge is -2.32. The first-order valence-electron chi connectivity index (χ1n) is 13.5. The standard InChI is InChI=1S/C33H29F3N2O4/c1-21(23-12-15-27(16-13-23)42-33(34,35)36)37-31(39)26-14-17-30-25(19-26)5-4-18-38(30)20-22-8-10-24(11-9-22)28-6-2-3-7-29(28)32(40)41/h2-3,6-17,19,21H,4-5,18,20H2,1H3,(H,37,39)(H,40,41). The Balaban J connectivity index is 1.25. The van der Waals surface area contributed by atoms with Gasteiger partial charge in [-0.1, -0.05) is 54.6 Å². The number of carboxylic acids is 1. The van der Waals surface area contributed by atoms with Crippen molar-refractivity contribution in [2.45, 2.75) is 38.7 Å². The summed E-state index contributed by atoms with van der Waals surface area (Å²) in [7, 11) is 0. The van der Waals surface area contributed by atoms with Crippen LogP contribution in [0.4, 0.5) is 18.9 Å². The Morgan fingerprint density at radius 2 is 1.69 bits per heavy atom. The molecule has 0 aromatic heterocycles. The number of rotatable bonds is 8. The van der Waals surface area contributed by atoms with Gasteiger partial charge in [0, 0.05) is 24.3 Å². The number of aryl methyl sites for hydroxylation is 1. The predicted molar refractivity (Wildman–Crippen MR) is 154 cm³/mol. The number of alkyl halides is 3. The highest BCUT2D eigenvalue weighted by molar-refractivity contribution is 5.96. The summed E-state index contributed by atoms with van der Waals surface area (Å²) in [4.78, 5) is 26.9. The molecule has 0 spiro atoms. The number of benzene rings is 4. The molecule has 1 aliphatic heterocycles. The Hall–Kier alpha value is -4.79. The zero-order chi connectivity index (χ0) is 29.9. The van der Waals surface area contributed by atoms with E-state index in [0.717, 1.165) is 41.8 Å². The topological polar surface area (TPSA) is 78.9 Å². The molecule has 4 aromatic carbocycles. The van der Waals surface area contributed by atoms with Crippen LogP contribution in [0, 0.1) is 0 Å². The molecule has 0 fully saturated rings. The lowest BCUT2D eigenvalue weighted by atomic mass is 9.97. The minimum Gasteiger partial charge on any atom is -0.478 e. The van der Waals surface area contributed by atoms with Gasteiger partial charge in [-0.25, -0.2) is 4.79 Å². The van der Waals surface area contributed by atoms with Crippen molar-refractivity contribution >= 4 is 17.6 Å². The van der Waals surface area contributed by atoms with E-state index >= 15 is 0 Å². The van der Waals surface area contributed by atoms with Gasteiger partial charge in [-0.3, -0.25) is 4.79 Å². The van der Waals surface area contributed by atoms with Crippen LogP contribution in [0.1, 0.15) is 56.8 Å². The molecule has 0 saturated heterocycles. The number of carbonyl (C=O) groups is 2. The third-order valence-electron chi connectivity index (χ3n) is 7.31. The van der Waals surface area contributed by atoms with Crippen molar-refractivity contribution in [3.63, 3.8) is 0 Å². The van der Waals surface area contributed by atoms with Crippen molar-refractivity contribution < 1.29 is 32.6 Å². The Kier molecular flexibility index (Phi) is 8.20. The number of hydrogen-bond donors (Lipinski definition) is 2. The molecule has 0 aliphatic carbocycles. The van der Waals surface area contributed by atoms with E-state index in [2.05, 4.69) is 15.0 Å². The number of fused-ring (bicyclic) bond motifs is 1. The normalized spacial score (nSPS) is 13.7. The first kappa shape index (κ1) is 28.7. The van der Waals surface area contributed by atoms with Crippen molar-refractivity contribution in [1.29, 1.82) is 0 Å². The number of hydrogen-bond acceptors (Lipinski definition) is 4. The summed E-state index contributed by atoms with van der Waals surface area (Å²) in [5, 5.41) is 12.4. The van der Waals surface area contributed by atoms with Crippen molar-refractivity contribution in [2.24, 2.45) is 0 Å². The van der Waals surface area contributed by atoms with Crippen LogP contribution in [-0.2, 0) is 13.0 Å². The van der Waals surface area contributed by atoms with Crippen LogP contribution in [0.5, 0.6) is 5.75 Å². The second-order valence-corrected chi connectivity index (χ2v) is 10.2. The number of halogens is 3. The molecular weight excluding hydrogens is 545 g/mol. The molecule has 0 bridgehead atoms. The summed E-state index contributed by atoms with van der Waals surface area (Å²) in [6, 6.07) is 25.5. The Morgan fingerprint density at radius 1 is 0.976 bits per heavy atom. The zero-order valence-corrected chi connectivity index (χ0v) is 22.8. The maximum atomic E-state index is 13.0. The molecule has 5 rings (SSSR count). The number of carbonyl (C=O) groups excluding carboxylic acids is 1. The van der Waals surface area contributed by atoms with Crippen LogP contribution in [-0.4, -0.2) is 29.9 Å². The predicted octanol–water partition coefficient (Wildman–Crippen LogP) is 7.39. The average Bonchev–Trinajstić information content (AvgIpc) is 2.97. The van der Waals surface area contributed by atoms with Crippen molar-refractivity contribution in [3.05, 3.63) is 119 Å². The molecule has 0 radical (unpaired) electrons. The molecule has 1 heterocycles. The van der Waals surface area contributed by atoms with Gasteiger partial charge in [-0.15, -0.1) is 13.2 Å². The Bertz CT molecular complexity index is 1580. The number of ether oxygens (including phenoxy) is 1. The van der Waals surface area contributed by atoms with Crippen LogP contribution in [0.3, 0.4) is 0 Å². The first-order chi connectivity index (χ1) is 20.1. The largest absolute Gasteiger partial charge is 0.573 e. The van der Waals surface area contributed by atoms with Crippen LogP contribution in [0.25, 0.3) is 11.1 Å². The van der Waals surface area contributed by atoms with Crippen LogP contribution in [0.15, 0.2) is 91.0 Å². The smallest absolute Gasteiger partial charge is 0.478 e. The van der Waals surface area contributed by atoms with Gasteiger partial charge in [0.2, 0.25) is 0 Å². The van der Waals surface area contributed by atoms with Gasteiger partial charge < -0.3 is 20.1 Å². The highest BCUT2D eigenvalue weighted by Gasteiger charge is 2.31. The minimum atomic E-state index is -4.76. The molecule has 1 atom stereocenters. The second-order valence-electron chi connectivity index (χ2n) is 10.2. The van der Waals surface area contributed by atoms with E-state index in [0.29, 0.717) is 23.2 Å². The lowest BCUT2D eigenvalue weighted by Crippen LogP contribution is -2.30. The van der Waals surface area contributed by atoms with E-state index in [1.54, 1.807) is 31.2 Å². The van der Waals surface area contributed by atoms with E-state index in [1.165, 1.54) is 24.3 Å². The fourth-order valence-electron chi connectivity index (χ4n) is 5.23. The molecular formula is C33H29F3N2O4. The SMILES string of the molecule is CC(NC(=O)c1ccc2c(c1)CCCN2Cc1ccc(-c2ccccc2C(=O)O)cc1)c1ccc(OC(F)(F)F)cc1. The summed E-state index contributed by atoms with van der Waals surface area (Å²) < 4.78 is 41.2. The highest BCUT2D eigenvalue weighted by atomic mass is 19.4. The summed E-state index contributed by atoms with van der Waals surface area (Å²) in [6.07, 6.45) is -2.98. The van der Waals surface area contributed by atoms with Crippen molar-refractivity contribution in [1.82, 2.24) is 5.32 Å². The monoisotopic (exact) mass is 574 g/mol. The van der Waals surface area contributed by atoms with E-state index < -0.39 is 18.4 Å². The highest BCUT2D eigenvalue weighted by Crippen LogP contribution is 2.31. The summed E-state index contributed by atoms with van der Waals surface area (Å²) in [5.74, 6) is -1.55. The minimum absolute atomic E-state index is 0.262. The Morgan fingerprint density at radius 3 is 2.38 bits per heavy atom. The molecule has 1 unspecified atom stereocenters. The van der Waals surface area contributed by atoms with Crippen LogP contribution < -0.4 is 15.0 Å². The number of aromatic carboxylic acids is 1. The number of carboxylic acid groups (broad SMARTS) is 1. The molecule has 2 N–H and O–H groups in total. The summed E-state index contributed by atoms with van der Waals surface area (Å²) >= 11 is 0. The summed E-state index contributed by atoms with van der Waals surface area (Å²) in [6.45, 7) is 3.31. The third kappa shape index (κ3) is 6.74. The first-order valence-corrected chi connectivity index (χ1v) is 13.5. The van der Waals surface area contributed by atoms with E-state index in [1.807, 2.05) is 42.5 Å². The Labute approximate surface area is 241 Å². The van der Waals surface area contributed by atoms with Crippen molar-refractivity contribution in [3.8, 4) is 16.9 Å². The summed E-state index contributed by atoms with van der Waals surface area (Å²) in [5.41, 5.74) is 6.16. The fraction of sp³-hybridized carbons (Fsp3) is 0.212. The molecule has 9 heteroatoms. The molecule has 1 amide bonds. The van der Waals surface area contributed by atoms with Gasteiger partial charge in [-0.05, 0) is 84.0 Å². The molecule has 4 aromatic rings. The third-order valence-corrected chi connectivity index (χ3v) is 7.31. The number of nitrogens with zero attached hydrogens (tertiary/aromatic N) is 1. The van der Waals surface area contributed by atoms with Gasteiger partial charge >= 0.3 is 12.3 Å². The maximum Gasteiger partial charge on any atom is 0.573 e. The lowest BCUT2D eigenvalue weighted by molar-refractivity contribution is -0.274. The van der Waals surface area contributed by atoms with E-state index in [9.17, 15) is 27.9 Å². The van der Waals surface area contributed by atoms with Gasteiger partial charge in [-0.2, -0.15) is 0 Å². The van der Waals surface area contributed by atoms with Gasteiger partial charge in [0.25, 0.3) is 5.91 Å². The van der Waals surface area contributed by atoms with Crippen molar-refractivity contribution in [2.75, 3.05) is 11.4 Å². The molecule has 216 valence electrons. The number of nitrogens with one attached hydrogen (secondary N) is 1. The maximum absolute atomic E-state index is 13.0. The van der Waals surface area contributed by atoms with Crippen LogP contribution in [0.2, 0.25) is 0 Å². The molecule has 1 aliphatic rings. The van der Waals surface area contributed by atoms with Gasteiger partial charge in [0.05, 0.1) is 11.6 Å². The molecule has 6 nitrogen and oxygen atoms in total. The van der Waals surface area contributed by atoms with Crippen LogP contribution >= 0.6 is 0 Å². The molecule has 0 saturated carbocycles.